The molecule has 2 rings (SSSR count). The predicted molar refractivity (Wildman–Crippen MR) is 63.6 cm³/mol. The highest BCUT2D eigenvalue weighted by molar-refractivity contribution is 7.09. The Morgan fingerprint density at radius 2 is 2.31 bits per heavy atom. The first-order chi connectivity index (χ1) is 7.70. The molecule has 0 radical (unpaired) electrons. The van der Waals surface area contributed by atoms with Gasteiger partial charge in [0.15, 0.2) is 0 Å². The Bertz CT molecular complexity index is 522. The summed E-state index contributed by atoms with van der Waals surface area (Å²) in [7, 11) is 0. The van der Waals surface area contributed by atoms with Crippen molar-refractivity contribution in [2.24, 2.45) is 0 Å². The molecule has 0 aliphatic carbocycles. The molecular weight excluding hydrogens is 224 g/mol. The van der Waals surface area contributed by atoms with E-state index in [1.54, 1.807) is 23.5 Å². The third kappa shape index (κ3) is 2.09. The fourth-order valence-electron chi connectivity index (χ4n) is 1.38. The Balaban J connectivity index is 2.40. The van der Waals surface area contributed by atoms with Gasteiger partial charge in [0.1, 0.15) is 0 Å². The van der Waals surface area contributed by atoms with Crippen LogP contribution in [0, 0.1) is 10.1 Å². The summed E-state index contributed by atoms with van der Waals surface area (Å²) in [6, 6.07) is 6.55. The fraction of sp³-hybridized carbons (Fsp3) is 0.182. The van der Waals surface area contributed by atoms with Gasteiger partial charge < -0.3 is 0 Å². The number of nitrogens with zero attached hydrogens (tertiary/aromatic N) is 2. The molecule has 1 aromatic heterocycles. The highest BCUT2D eigenvalue weighted by Crippen LogP contribution is 2.25. The SMILES string of the molecule is CCc1nc(-c2cccc([N+](=O)[O-])c2)cs1. The van der Waals surface area contributed by atoms with Crippen LogP contribution in [0.4, 0.5) is 5.69 Å². The second-order valence-corrected chi connectivity index (χ2v) is 4.23. The maximum atomic E-state index is 10.6. The van der Waals surface area contributed by atoms with Crippen LogP contribution in [0.1, 0.15) is 11.9 Å². The molecule has 0 aliphatic heterocycles. The molecule has 0 saturated carbocycles. The van der Waals surface area contributed by atoms with E-state index in [4.69, 9.17) is 0 Å². The highest BCUT2D eigenvalue weighted by Gasteiger charge is 2.09. The Labute approximate surface area is 96.7 Å². The lowest BCUT2D eigenvalue weighted by atomic mass is 10.1. The van der Waals surface area contributed by atoms with Crippen LogP contribution in [0.3, 0.4) is 0 Å². The number of benzene rings is 1. The summed E-state index contributed by atoms with van der Waals surface area (Å²) in [5, 5.41) is 13.6. The molecule has 0 bridgehead atoms. The Morgan fingerprint density at radius 1 is 1.50 bits per heavy atom. The van der Waals surface area contributed by atoms with Crippen molar-refractivity contribution in [1.82, 2.24) is 4.98 Å². The molecule has 4 nitrogen and oxygen atoms in total. The van der Waals surface area contributed by atoms with Crippen LogP contribution in [0.2, 0.25) is 0 Å². The van der Waals surface area contributed by atoms with Gasteiger partial charge in [0, 0.05) is 23.1 Å². The quantitative estimate of drug-likeness (QED) is 0.605. The molecule has 5 heteroatoms. The third-order valence-corrected chi connectivity index (χ3v) is 3.20. The molecule has 1 aromatic carbocycles. The van der Waals surface area contributed by atoms with Crippen LogP contribution in [0.25, 0.3) is 11.3 Å². The zero-order valence-electron chi connectivity index (χ0n) is 8.71. The van der Waals surface area contributed by atoms with Crippen molar-refractivity contribution < 1.29 is 4.92 Å². The second kappa shape index (κ2) is 4.40. The summed E-state index contributed by atoms with van der Waals surface area (Å²) in [5.41, 5.74) is 1.71. The molecule has 0 amide bonds. The van der Waals surface area contributed by atoms with E-state index in [1.165, 1.54) is 6.07 Å². The van der Waals surface area contributed by atoms with Crippen molar-refractivity contribution in [3.05, 3.63) is 44.8 Å². The van der Waals surface area contributed by atoms with Crippen LogP contribution in [-0.2, 0) is 6.42 Å². The fourth-order valence-corrected chi connectivity index (χ4v) is 2.14. The first-order valence-corrected chi connectivity index (χ1v) is 5.78. The van der Waals surface area contributed by atoms with Crippen molar-refractivity contribution in [2.75, 3.05) is 0 Å². The number of thiazole rings is 1. The Morgan fingerprint density at radius 3 is 2.94 bits per heavy atom. The number of aromatic nitrogens is 1. The van der Waals surface area contributed by atoms with Gasteiger partial charge in [0.25, 0.3) is 5.69 Å². The molecule has 82 valence electrons. The van der Waals surface area contributed by atoms with E-state index < -0.39 is 4.92 Å². The topological polar surface area (TPSA) is 56.0 Å². The first kappa shape index (κ1) is 10.8. The van der Waals surface area contributed by atoms with Gasteiger partial charge in [-0.3, -0.25) is 10.1 Å². The zero-order valence-corrected chi connectivity index (χ0v) is 9.53. The number of hydrogen-bond acceptors (Lipinski definition) is 4. The summed E-state index contributed by atoms with van der Waals surface area (Å²) in [5.74, 6) is 0. The van der Waals surface area contributed by atoms with E-state index in [0.29, 0.717) is 0 Å². The van der Waals surface area contributed by atoms with Crippen LogP contribution >= 0.6 is 11.3 Å². The van der Waals surface area contributed by atoms with Crippen molar-refractivity contribution in [3.8, 4) is 11.3 Å². The summed E-state index contributed by atoms with van der Waals surface area (Å²) in [4.78, 5) is 14.6. The molecule has 2 aromatic rings. The maximum Gasteiger partial charge on any atom is 0.270 e. The van der Waals surface area contributed by atoms with Gasteiger partial charge >= 0.3 is 0 Å². The average Bonchev–Trinajstić information content (AvgIpc) is 2.77. The van der Waals surface area contributed by atoms with E-state index in [-0.39, 0.29) is 5.69 Å². The molecule has 0 unspecified atom stereocenters. The largest absolute Gasteiger partial charge is 0.270 e. The Hall–Kier alpha value is -1.75. The lowest BCUT2D eigenvalue weighted by Crippen LogP contribution is -1.88. The standard InChI is InChI=1S/C11H10N2O2S/c1-2-11-12-10(7-16-11)8-4-3-5-9(6-8)13(14)15/h3-7H,2H2,1H3. The van der Waals surface area contributed by atoms with Crippen molar-refractivity contribution in [3.63, 3.8) is 0 Å². The summed E-state index contributed by atoms with van der Waals surface area (Å²) in [6.07, 6.45) is 0.888. The van der Waals surface area contributed by atoms with Gasteiger partial charge in [-0.15, -0.1) is 11.3 Å². The number of hydrogen-bond donors (Lipinski definition) is 0. The monoisotopic (exact) mass is 234 g/mol. The smallest absolute Gasteiger partial charge is 0.258 e. The van der Waals surface area contributed by atoms with Crippen molar-refractivity contribution in [2.45, 2.75) is 13.3 Å². The van der Waals surface area contributed by atoms with Crippen LogP contribution < -0.4 is 0 Å². The minimum Gasteiger partial charge on any atom is -0.258 e. The molecule has 16 heavy (non-hydrogen) atoms. The molecule has 0 fully saturated rings. The van der Waals surface area contributed by atoms with E-state index in [9.17, 15) is 10.1 Å². The number of nitro groups is 1. The van der Waals surface area contributed by atoms with Gasteiger partial charge in [-0.1, -0.05) is 19.1 Å². The number of non-ortho nitro benzene ring substituents is 1. The molecule has 0 N–H and O–H groups in total. The summed E-state index contributed by atoms with van der Waals surface area (Å²) < 4.78 is 0. The van der Waals surface area contributed by atoms with E-state index in [2.05, 4.69) is 4.98 Å². The van der Waals surface area contributed by atoms with Crippen LogP contribution in [0.5, 0.6) is 0 Å². The molecule has 1 heterocycles. The average molecular weight is 234 g/mol. The summed E-state index contributed by atoms with van der Waals surface area (Å²) >= 11 is 1.58. The van der Waals surface area contributed by atoms with Crippen molar-refractivity contribution >= 4 is 17.0 Å². The van der Waals surface area contributed by atoms with Gasteiger partial charge in [0.2, 0.25) is 0 Å². The Kier molecular flexibility index (Phi) is 2.96. The van der Waals surface area contributed by atoms with Crippen molar-refractivity contribution in [1.29, 1.82) is 0 Å². The van der Waals surface area contributed by atoms with E-state index in [1.807, 2.05) is 18.4 Å². The number of aryl methyl sites for hydroxylation is 1. The second-order valence-electron chi connectivity index (χ2n) is 3.29. The highest BCUT2D eigenvalue weighted by atomic mass is 32.1. The maximum absolute atomic E-state index is 10.6. The van der Waals surface area contributed by atoms with E-state index in [0.717, 1.165) is 22.7 Å². The molecule has 0 spiro atoms. The normalized spacial score (nSPS) is 10.3. The lowest BCUT2D eigenvalue weighted by Gasteiger charge is -1.96. The zero-order chi connectivity index (χ0) is 11.5. The minimum atomic E-state index is -0.392. The molecule has 0 atom stereocenters. The van der Waals surface area contributed by atoms with Gasteiger partial charge in [-0.05, 0) is 6.42 Å². The van der Waals surface area contributed by atoms with Crippen LogP contribution in [0.15, 0.2) is 29.6 Å². The minimum absolute atomic E-state index is 0.101. The molecular formula is C11H10N2O2S. The van der Waals surface area contributed by atoms with Gasteiger partial charge in [-0.2, -0.15) is 0 Å². The molecule has 0 aliphatic rings. The summed E-state index contributed by atoms with van der Waals surface area (Å²) in [6.45, 7) is 2.04. The predicted octanol–water partition coefficient (Wildman–Crippen LogP) is 3.28. The number of rotatable bonds is 3. The van der Waals surface area contributed by atoms with E-state index >= 15 is 0 Å². The lowest BCUT2D eigenvalue weighted by molar-refractivity contribution is -0.384. The first-order valence-electron chi connectivity index (χ1n) is 4.90. The van der Waals surface area contributed by atoms with Gasteiger partial charge in [0.05, 0.1) is 15.6 Å². The van der Waals surface area contributed by atoms with Crippen LogP contribution in [-0.4, -0.2) is 9.91 Å². The number of nitro benzene ring substituents is 1. The van der Waals surface area contributed by atoms with Gasteiger partial charge in [-0.25, -0.2) is 4.98 Å². The third-order valence-electron chi connectivity index (χ3n) is 2.21. The molecule has 0 saturated heterocycles.